The zero-order chi connectivity index (χ0) is 25.3. The highest BCUT2D eigenvalue weighted by molar-refractivity contribution is 6.31. The van der Waals surface area contributed by atoms with Crippen LogP contribution in [0.2, 0.25) is 0 Å². The minimum absolute atomic E-state index is 0.197. The molecule has 2 aliphatic rings. The lowest BCUT2D eigenvalue weighted by Crippen LogP contribution is -2.56. The van der Waals surface area contributed by atoms with E-state index < -0.39 is 6.10 Å². The Hall–Kier alpha value is -3.72. The maximum atomic E-state index is 13.3. The maximum absolute atomic E-state index is 13.3. The van der Waals surface area contributed by atoms with Gasteiger partial charge in [-0.3, -0.25) is 9.59 Å². The van der Waals surface area contributed by atoms with Crippen molar-refractivity contribution in [3.63, 3.8) is 0 Å². The van der Waals surface area contributed by atoms with Crippen molar-refractivity contribution in [3.8, 4) is 5.75 Å². The first-order valence-electron chi connectivity index (χ1n) is 12.0. The summed E-state index contributed by atoms with van der Waals surface area (Å²) in [6.45, 7) is 3.99. The Morgan fingerprint density at radius 1 is 0.972 bits per heavy atom. The smallest absolute Gasteiger partial charge is 0.196 e. The molecule has 3 aromatic carbocycles. The fourth-order valence-electron chi connectivity index (χ4n) is 4.86. The molecule has 0 radical (unpaired) electrons. The van der Waals surface area contributed by atoms with Crippen molar-refractivity contribution >= 4 is 28.6 Å². The van der Waals surface area contributed by atoms with E-state index in [1.165, 1.54) is 0 Å². The summed E-state index contributed by atoms with van der Waals surface area (Å²) in [6.07, 6.45) is -0.585. The van der Waals surface area contributed by atoms with Crippen molar-refractivity contribution in [2.24, 2.45) is 0 Å². The Bertz CT molecular complexity index is 1300. The number of nitrogen functional groups attached to an aromatic ring is 1. The third-order valence-corrected chi connectivity index (χ3v) is 6.89. The van der Waals surface area contributed by atoms with E-state index in [4.69, 9.17) is 15.2 Å². The highest BCUT2D eigenvalue weighted by atomic mass is 16.5. The molecule has 1 atom stereocenters. The molecule has 3 aromatic rings. The van der Waals surface area contributed by atoms with Crippen molar-refractivity contribution in [1.82, 2.24) is 0 Å². The van der Waals surface area contributed by atoms with Gasteiger partial charge in [-0.25, -0.2) is 0 Å². The predicted molar refractivity (Wildman–Crippen MR) is 137 cm³/mol. The fourth-order valence-corrected chi connectivity index (χ4v) is 4.86. The summed E-state index contributed by atoms with van der Waals surface area (Å²) in [7, 11) is 2.12. The van der Waals surface area contributed by atoms with Gasteiger partial charge in [0.05, 0.1) is 37.1 Å². The van der Waals surface area contributed by atoms with Crippen LogP contribution in [0.25, 0.3) is 0 Å². The Labute approximate surface area is 209 Å². The van der Waals surface area contributed by atoms with Crippen molar-refractivity contribution in [3.05, 3.63) is 82.9 Å². The molecule has 0 saturated carbocycles. The van der Waals surface area contributed by atoms with Gasteiger partial charge in [0.2, 0.25) is 0 Å². The van der Waals surface area contributed by atoms with Gasteiger partial charge in [0.1, 0.15) is 38.1 Å². The van der Waals surface area contributed by atoms with E-state index >= 15 is 0 Å². The molecule has 5 rings (SSSR count). The number of aliphatic hydroxyl groups is 1. The van der Waals surface area contributed by atoms with Gasteiger partial charge in [-0.05, 0) is 36.4 Å². The highest BCUT2D eigenvalue weighted by Gasteiger charge is 2.33. The van der Waals surface area contributed by atoms with Crippen LogP contribution in [0.5, 0.6) is 5.75 Å². The van der Waals surface area contributed by atoms with Crippen LogP contribution in [0.4, 0.5) is 17.1 Å². The zero-order valence-corrected chi connectivity index (χ0v) is 20.2. The van der Waals surface area contributed by atoms with Crippen molar-refractivity contribution in [2.75, 3.05) is 57.6 Å². The summed E-state index contributed by atoms with van der Waals surface area (Å²) < 4.78 is 12.0. The van der Waals surface area contributed by atoms with Crippen LogP contribution in [0.1, 0.15) is 31.8 Å². The van der Waals surface area contributed by atoms with Crippen LogP contribution in [0.15, 0.2) is 60.7 Å². The summed E-state index contributed by atoms with van der Waals surface area (Å²) in [5.41, 5.74) is 8.88. The molecule has 0 bridgehead atoms. The van der Waals surface area contributed by atoms with Crippen LogP contribution in [-0.2, 0) is 4.74 Å². The number of nitrogens with two attached hydrogens (primary N) is 1. The second-order valence-electron chi connectivity index (χ2n) is 9.63. The molecule has 1 fully saturated rings. The average Bonchev–Trinajstić information content (AvgIpc) is 2.88. The van der Waals surface area contributed by atoms with E-state index in [1.807, 2.05) is 12.1 Å². The highest BCUT2D eigenvalue weighted by Crippen LogP contribution is 2.36. The van der Waals surface area contributed by atoms with Crippen LogP contribution in [0.3, 0.4) is 0 Å². The topological polar surface area (TPSA) is 111 Å². The molecular weight excluding hydrogens is 458 g/mol. The van der Waals surface area contributed by atoms with Gasteiger partial charge >= 0.3 is 0 Å². The van der Waals surface area contributed by atoms with Crippen LogP contribution < -0.4 is 15.8 Å². The largest absolute Gasteiger partial charge is 0.491 e. The third-order valence-electron chi connectivity index (χ3n) is 6.89. The summed E-state index contributed by atoms with van der Waals surface area (Å²) in [6, 6.07) is 17.4. The molecule has 1 aliphatic heterocycles. The van der Waals surface area contributed by atoms with Crippen molar-refractivity contribution < 1.29 is 28.7 Å². The molecule has 4 N–H and O–H groups in total. The number of fused-ring (bicyclic) bond motifs is 2. The number of hydrogen-bond acceptors (Lipinski definition) is 7. The second-order valence-corrected chi connectivity index (χ2v) is 9.63. The molecule has 36 heavy (non-hydrogen) atoms. The maximum Gasteiger partial charge on any atom is 0.196 e. The molecule has 1 aliphatic carbocycles. The van der Waals surface area contributed by atoms with Gasteiger partial charge in [0.15, 0.2) is 11.6 Å². The van der Waals surface area contributed by atoms with Gasteiger partial charge < -0.3 is 30.1 Å². The molecule has 8 nitrogen and oxygen atoms in total. The molecule has 0 aromatic heterocycles. The van der Waals surface area contributed by atoms with E-state index in [-0.39, 0.29) is 35.0 Å². The summed E-state index contributed by atoms with van der Waals surface area (Å²) in [5.74, 6) is 0.140. The van der Waals surface area contributed by atoms with Gasteiger partial charge in [-0.2, -0.15) is 0 Å². The lowest BCUT2D eigenvalue weighted by atomic mass is 9.82. The molecule has 0 spiro atoms. The number of nitrogens with one attached hydrogen (secondary N) is 1. The number of benzene rings is 3. The number of likely N-dealkylation sites (N-methyl/N-ethyl adjacent to an activating group) is 1. The summed E-state index contributed by atoms with van der Waals surface area (Å²) in [4.78, 5) is 26.4. The Balaban J connectivity index is 1.28. The van der Waals surface area contributed by atoms with Crippen LogP contribution in [0, 0.1) is 0 Å². The second kappa shape index (κ2) is 9.73. The van der Waals surface area contributed by atoms with E-state index in [2.05, 4.69) is 12.4 Å². The first-order chi connectivity index (χ1) is 17.3. The molecule has 0 amide bonds. The molecule has 1 saturated heterocycles. The fraction of sp³-hybridized carbons (Fsp3) is 0.286. The van der Waals surface area contributed by atoms with Gasteiger partial charge in [0.25, 0.3) is 0 Å². The van der Waals surface area contributed by atoms with Crippen molar-refractivity contribution in [1.29, 1.82) is 0 Å². The summed E-state index contributed by atoms with van der Waals surface area (Å²) >= 11 is 0. The number of quaternary nitrogens is 1. The molecule has 186 valence electrons. The quantitative estimate of drug-likeness (QED) is 0.271. The first kappa shape index (κ1) is 24.0. The van der Waals surface area contributed by atoms with Gasteiger partial charge in [0, 0.05) is 22.5 Å². The monoisotopic (exact) mass is 488 g/mol. The zero-order valence-electron chi connectivity index (χ0n) is 20.2. The number of ether oxygens (including phenoxy) is 2. The Kier molecular flexibility index (Phi) is 6.49. The van der Waals surface area contributed by atoms with Gasteiger partial charge in [-0.15, -0.1) is 0 Å². The normalized spacial score (nSPS) is 17.2. The number of carbonyl (C=O) groups excluding carboxylic acids is 2. The third kappa shape index (κ3) is 4.70. The predicted octanol–water partition coefficient (Wildman–Crippen LogP) is 3.00. The minimum Gasteiger partial charge on any atom is -0.491 e. The number of hydrogen-bond donors (Lipinski definition) is 3. The van der Waals surface area contributed by atoms with E-state index in [9.17, 15) is 14.7 Å². The average molecular weight is 489 g/mol. The van der Waals surface area contributed by atoms with E-state index in [1.54, 1.807) is 48.5 Å². The number of aliphatic hydroxyl groups excluding tert-OH is 1. The molecule has 0 unspecified atom stereocenters. The molecular formula is C28H30N3O5+. The Morgan fingerprint density at radius 2 is 1.61 bits per heavy atom. The summed E-state index contributed by atoms with van der Waals surface area (Å²) in [5, 5.41) is 13.7. The number of ketones is 2. The minimum atomic E-state index is -0.585. The van der Waals surface area contributed by atoms with Gasteiger partial charge in [-0.1, -0.05) is 24.3 Å². The first-order valence-corrected chi connectivity index (χ1v) is 12.0. The molecule has 8 heteroatoms. The van der Waals surface area contributed by atoms with E-state index in [0.717, 1.165) is 23.3 Å². The number of carbonyl (C=O) groups is 2. The van der Waals surface area contributed by atoms with E-state index in [0.29, 0.717) is 42.3 Å². The number of nitrogens with zero attached hydrogens (tertiary/aromatic N) is 1. The standard InChI is InChI=1S/C28H29N3O5/c1-31(12-14-35-15-13-31)16-19(32)17-36-20-8-6-18(7-9-20)30-24-11-10-23(29)25-26(24)28(34)22-5-3-2-4-21(22)27(25)33/h2-11,19,32H,12-17H2,1H3,(H2-,29,30,33,34)/p+1/t19-/m0/s1. The lowest BCUT2D eigenvalue weighted by Gasteiger charge is -2.38. The lowest BCUT2D eigenvalue weighted by molar-refractivity contribution is -0.919. The Morgan fingerprint density at radius 3 is 2.28 bits per heavy atom. The van der Waals surface area contributed by atoms with Crippen molar-refractivity contribution in [2.45, 2.75) is 6.10 Å². The SMILES string of the molecule is C[N+]1(C[C@H](O)COc2ccc(Nc3ccc(N)c4c3C(=O)c3ccccc3C4=O)cc2)CCOCC1. The van der Waals surface area contributed by atoms with Crippen LogP contribution in [-0.4, -0.2) is 73.8 Å². The number of rotatable bonds is 7. The number of morpholine rings is 1. The number of anilines is 3. The van der Waals surface area contributed by atoms with Crippen LogP contribution >= 0.6 is 0 Å². The molecule has 1 heterocycles.